The van der Waals surface area contributed by atoms with E-state index in [0.29, 0.717) is 22.7 Å². The standard InChI is InChI=1S/C30H26N2O5S/c1-36-23-17-15-21(16-18-23)28(33)31-22-11-8-12-24(19-22)38-27(20-9-4-3-5-10-20)29(34)32-26-14-7-6-13-25(26)30(35)37-2/h3-19,27H,1-2H3,(H,31,33)(H,32,34). The summed E-state index contributed by atoms with van der Waals surface area (Å²) in [6.07, 6.45) is 0. The van der Waals surface area contributed by atoms with E-state index in [2.05, 4.69) is 10.6 Å². The summed E-state index contributed by atoms with van der Waals surface area (Å²) in [5.41, 5.74) is 2.52. The van der Waals surface area contributed by atoms with E-state index in [1.807, 2.05) is 48.5 Å². The molecule has 0 bridgehead atoms. The predicted molar refractivity (Wildman–Crippen MR) is 149 cm³/mol. The van der Waals surface area contributed by atoms with Gasteiger partial charge in [-0.15, -0.1) is 11.8 Å². The summed E-state index contributed by atoms with van der Waals surface area (Å²) in [5.74, 6) is -0.429. The first-order chi connectivity index (χ1) is 18.5. The minimum absolute atomic E-state index is 0.258. The van der Waals surface area contributed by atoms with Gasteiger partial charge in [-0.1, -0.05) is 48.5 Å². The number of benzene rings is 4. The lowest BCUT2D eigenvalue weighted by atomic mass is 10.1. The van der Waals surface area contributed by atoms with Crippen LogP contribution in [0.2, 0.25) is 0 Å². The van der Waals surface area contributed by atoms with Crippen LogP contribution in [0.3, 0.4) is 0 Å². The predicted octanol–water partition coefficient (Wildman–Crippen LogP) is 6.21. The Bertz CT molecular complexity index is 1420. The fraction of sp³-hybridized carbons (Fsp3) is 0.100. The van der Waals surface area contributed by atoms with Crippen LogP contribution in [-0.2, 0) is 9.53 Å². The molecule has 4 aromatic carbocycles. The molecular formula is C30H26N2O5S. The Morgan fingerprint density at radius 1 is 0.763 bits per heavy atom. The van der Waals surface area contributed by atoms with E-state index < -0.39 is 11.2 Å². The molecular weight excluding hydrogens is 500 g/mol. The van der Waals surface area contributed by atoms with Crippen LogP contribution in [0.1, 0.15) is 31.5 Å². The van der Waals surface area contributed by atoms with Gasteiger partial charge in [0.05, 0.1) is 25.5 Å². The van der Waals surface area contributed by atoms with E-state index in [1.165, 1.54) is 18.9 Å². The molecule has 1 unspecified atom stereocenters. The Labute approximate surface area is 225 Å². The summed E-state index contributed by atoms with van der Waals surface area (Å²) in [7, 11) is 2.86. The highest BCUT2D eigenvalue weighted by molar-refractivity contribution is 8.00. The maximum absolute atomic E-state index is 13.5. The lowest BCUT2D eigenvalue weighted by molar-refractivity contribution is -0.115. The first-order valence-electron chi connectivity index (χ1n) is 11.7. The van der Waals surface area contributed by atoms with Crippen molar-refractivity contribution in [2.45, 2.75) is 10.1 Å². The lowest BCUT2D eigenvalue weighted by Crippen LogP contribution is -2.21. The summed E-state index contributed by atoms with van der Waals surface area (Å²) in [6, 6.07) is 30.2. The molecule has 0 radical (unpaired) electrons. The molecule has 2 N–H and O–H groups in total. The topological polar surface area (TPSA) is 93.7 Å². The van der Waals surface area contributed by atoms with E-state index in [4.69, 9.17) is 9.47 Å². The van der Waals surface area contributed by atoms with Gasteiger partial charge in [-0.3, -0.25) is 9.59 Å². The number of esters is 1. The molecule has 0 spiro atoms. The Kier molecular flexibility index (Phi) is 8.79. The number of anilines is 2. The normalized spacial score (nSPS) is 11.2. The van der Waals surface area contributed by atoms with Crippen LogP contribution in [0.25, 0.3) is 0 Å². The van der Waals surface area contributed by atoms with Gasteiger partial charge in [0.2, 0.25) is 5.91 Å². The summed E-state index contributed by atoms with van der Waals surface area (Å²) in [5, 5.41) is 5.15. The minimum Gasteiger partial charge on any atom is -0.497 e. The highest BCUT2D eigenvalue weighted by Crippen LogP contribution is 2.37. The molecule has 7 nitrogen and oxygen atoms in total. The number of hydrogen-bond acceptors (Lipinski definition) is 6. The van der Waals surface area contributed by atoms with Crippen LogP contribution < -0.4 is 15.4 Å². The minimum atomic E-state index is -0.630. The van der Waals surface area contributed by atoms with Crippen molar-refractivity contribution in [2.24, 2.45) is 0 Å². The van der Waals surface area contributed by atoms with Gasteiger partial charge in [-0.05, 0) is 60.2 Å². The Hall–Kier alpha value is -4.56. The molecule has 192 valence electrons. The maximum Gasteiger partial charge on any atom is 0.339 e. The zero-order valence-corrected chi connectivity index (χ0v) is 21.7. The smallest absolute Gasteiger partial charge is 0.339 e. The Morgan fingerprint density at radius 2 is 1.47 bits per heavy atom. The van der Waals surface area contributed by atoms with Crippen LogP contribution in [0.5, 0.6) is 5.75 Å². The fourth-order valence-electron chi connectivity index (χ4n) is 3.71. The van der Waals surface area contributed by atoms with Gasteiger partial charge in [0.25, 0.3) is 5.91 Å². The molecule has 0 aromatic heterocycles. The summed E-state index contributed by atoms with van der Waals surface area (Å²) in [4.78, 5) is 39.2. The van der Waals surface area contributed by atoms with Gasteiger partial charge in [0, 0.05) is 16.1 Å². The summed E-state index contributed by atoms with van der Waals surface area (Å²) in [6.45, 7) is 0. The molecule has 0 fully saturated rings. The first kappa shape index (κ1) is 26.5. The summed E-state index contributed by atoms with van der Waals surface area (Å²) < 4.78 is 10.00. The average Bonchev–Trinajstić information content (AvgIpc) is 2.96. The van der Waals surface area contributed by atoms with Gasteiger partial charge in [0.15, 0.2) is 0 Å². The maximum atomic E-state index is 13.5. The molecule has 4 rings (SSSR count). The van der Waals surface area contributed by atoms with Crippen molar-refractivity contribution in [3.05, 3.63) is 120 Å². The monoisotopic (exact) mass is 526 g/mol. The van der Waals surface area contributed by atoms with Crippen LogP contribution in [-0.4, -0.2) is 32.0 Å². The fourth-order valence-corrected chi connectivity index (χ4v) is 4.79. The molecule has 0 saturated heterocycles. The number of thioether (sulfide) groups is 1. The molecule has 38 heavy (non-hydrogen) atoms. The number of carbonyl (C=O) groups is 3. The highest BCUT2D eigenvalue weighted by Gasteiger charge is 2.24. The highest BCUT2D eigenvalue weighted by atomic mass is 32.2. The van der Waals surface area contributed by atoms with Crippen LogP contribution in [0.4, 0.5) is 11.4 Å². The summed E-state index contributed by atoms with van der Waals surface area (Å²) >= 11 is 1.34. The molecule has 2 amide bonds. The number of rotatable bonds is 9. The Balaban J connectivity index is 1.55. The zero-order valence-electron chi connectivity index (χ0n) is 20.8. The number of methoxy groups -OCH3 is 2. The number of carbonyl (C=O) groups excluding carboxylic acids is 3. The van der Waals surface area contributed by atoms with Gasteiger partial charge >= 0.3 is 5.97 Å². The van der Waals surface area contributed by atoms with Crippen LogP contribution in [0, 0.1) is 0 Å². The SMILES string of the molecule is COC(=O)c1ccccc1NC(=O)C(Sc1cccc(NC(=O)c2ccc(OC)cc2)c1)c1ccccc1. The third-order valence-electron chi connectivity index (χ3n) is 5.63. The van der Waals surface area contributed by atoms with Crippen molar-refractivity contribution in [3.63, 3.8) is 0 Å². The van der Waals surface area contributed by atoms with E-state index in [0.717, 1.165) is 10.5 Å². The molecule has 0 saturated carbocycles. The average molecular weight is 527 g/mol. The zero-order chi connectivity index (χ0) is 26.9. The van der Waals surface area contributed by atoms with E-state index in [-0.39, 0.29) is 17.4 Å². The third kappa shape index (κ3) is 6.60. The van der Waals surface area contributed by atoms with Gasteiger partial charge in [0.1, 0.15) is 11.0 Å². The largest absolute Gasteiger partial charge is 0.497 e. The van der Waals surface area contributed by atoms with Crippen molar-refractivity contribution in [3.8, 4) is 5.75 Å². The number of hydrogen-bond donors (Lipinski definition) is 2. The molecule has 0 aliphatic rings. The second-order valence-electron chi connectivity index (χ2n) is 8.15. The van der Waals surface area contributed by atoms with E-state index in [1.54, 1.807) is 61.7 Å². The number of nitrogens with one attached hydrogen (secondary N) is 2. The second kappa shape index (κ2) is 12.6. The van der Waals surface area contributed by atoms with Gasteiger partial charge in [-0.25, -0.2) is 4.79 Å². The second-order valence-corrected chi connectivity index (χ2v) is 9.32. The van der Waals surface area contributed by atoms with Crippen molar-refractivity contribution in [1.29, 1.82) is 0 Å². The van der Waals surface area contributed by atoms with Crippen LogP contribution >= 0.6 is 11.8 Å². The lowest BCUT2D eigenvalue weighted by Gasteiger charge is -2.18. The molecule has 8 heteroatoms. The number of para-hydroxylation sites is 1. The molecule has 0 aliphatic heterocycles. The van der Waals surface area contributed by atoms with Crippen molar-refractivity contribution in [2.75, 3.05) is 24.9 Å². The van der Waals surface area contributed by atoms with Gasteiger partial charge in [-0.2, -0.15) is 0 Å². The number of ether oxygens (including phenoxy) is 2. The quantitative estimate of drug-likeness (QED) is 0.199. The van der Waals surface area contributed by atoms with E-state index in [9.17, 15) is 14.4 Å². The van der Waals surface area contributed by atoms with Gasteiger partial charge < -0.3 is 20.1 Å². The van der Waals surface area contributed by atoms with Crippen molar-refractivity contribution in [1.82, 2.24) is 0 Å². The third-order valence-corrected chi connectivity index (χ3v) is 6.88. The molecule has 0 aliphatic carbocycles. The Morgan fingerprint density at radius 3 is 2.18 bits per heavy atom. The van der Waals surface area contributed by atoms with Crippen molar-refractivity contribution >= 4 is 40.9 Å². The van der Waals surface area contributed by atoms with E-state index >= 15 is 0 Å². The molecule has 0 heterocycles. The molecule has 4 aromatic rings. The molecule has 1 atom stereocenters. The van der Waals surface area contributed by atoms with Crippen molar-refractivity contribution < 1.29 is 23.9 Å². The first-order valence-corrected chi connectivity index (χ1v) is 12.6. The van der Waals surface area contributed by atoms with Crippen LogP contribution in [0.15, 0.2) is 108 Å². The number of amides is 2.